The summed E-state index contributed by atoms with van der Waals surface area (Å²) < 4.78 is 7.79. The molecule has 0 radical (unpaired) electrons. The number of aromatic nitrogens is 2. The van der Waals surface area contributed by atoms with E-state index in [1.54, 1.807) is 18.2 Å². The van der Waals surface area contributed by atoms with E-state index in [1.165, 1.54) is 0 Å². The summed E-state index contributed by atoms with van der Waals surface area (Å²) in [4.78, 5) is 17.2. The second-order valence-electron chi connectivity index (χ2n) is 6.77. The molecule has 1 atom stereocenters. The highest BCUT2D eigenvalue weighted by molar-refractivity contribution is 6.30. The van der Waals surface area contributed by atoms with Crippen LogP contribution in [-0.2, 0) is 6.61 Å². The first-order valence-electron chi connectivity index (χ1n) is 9.30. The first kappa shape index (κ1) is 19.0. The molecular formula is C23H20ClN3O2. The molecule has 1 amide bonds. The molecule has 0 aliphatic rings. The second kappa shape index (κ2) is 8.37. The predicted octanol–water partition coefficient (Wildman–Crippen LogP) is 5.06. The molecule has 5 nitrogen and oxygen atoms in total. The number of amides is 1. The molecule has 2 aromatic heterocycles. The van der Waals surface area contributed by atoms with Crippen LogP contribution in [-0.4, -0.2) is 15.3 Å². The van der Waals surface area contributed by atoms with E-state index in [0.717, 1.165) is 16.9 Å². The molecule has 0 saturated carbocycles. The largest absolute Gasteiger partial charge is 0.487 e. The normalized spacial score (nSPS) is 11.9. The molecule has 4 aromatic rings. The van der Waals surface area contributed by atoms with E-state index in [4.69, 9.17) is 16.3 Å². The molecular weight excluding hydrogens is 386 g/mol. The summed E-state index contributed by atoms with van der Waals surface area (Å²) in [6.45, 7) is 2.25. The minimum Gasteiger partial charge on any atom is -0.487 e. The predicted molar refractivity (Wildman–Crippen MR) is 113 cm³/mol. The Balaban J connectivity index is 1.41. The van der Waals surface area contributed by atoms with Crippen molar-refractivity contribution < 1.29 is 9.53 Å². The Hall–Kier alpha value is -3.31. The van der Waals surface area contributed by atoms with Gasteiger partial charge in [0.15, 0.2) is 0 Å². The van der Waals surface area contributed by atoms with Crippen molar-refractivity contribution in [2.45, 2.75) is 19.6 Å². The second-order valence-corrected chi connectivity index (χ2v) is 7.20. The van der Waals surface area contributed by atoms with Gasteiger partial charge in [-0.2, -0.15) is 0 Å². The number of hydrogen-bond donors (Lipinski definition) is 1. The molecule has 0 unspecified atom stereocenters. The smallest absolute Gasteiger partial charge is 0.251 e. The van der Waals surface area contributed by atoms with E-state index in [2.05, 4.69) is 10.3 Å². The highest BCUT2D eigenvalue weighted by Crippen LogP contribution is 2.19. The number of fused-ring (bicyclic) bond motifs is 1. The maximum atomic E-state index is 12.6. The van der Waals surface area contributed by atoms with Crippen LogP contribution in [0.2, 0.25) is 5.02 Å². The van der Waals surface area contributed by atoms with Crippen molar-refractivity contribution in [3.8, 4) is 5.75 Å². The van der Waals surface area contributed by atoms with E-state index < -0.39 is 0 Å². The van der Waals surface area contributed by atoms with E-state index in [1.807, 2.05) is 72.2 Å². The van der Waals surface area contributed by atoms with Crippen molar-refractivity contribution in [2.75, 3.05) is 0 Å². The van der Waals surface area contributed by atoms with Gasteiger partial charge in [-0.05, 0) is 55.0 Å². The summed E-state index contributed by atoms with van der Waals surface area (Å²) in [5, 5.41) is 3.63. The topological polar surface area (TPSA) is 55.6 Å². The molecule has 0 fully saturated rings. The van der Waals surface area contributed by atoms with Crippen LogP contribution >= 0.6 is 11.6 Å². The molecule has 146 valence electrons. The quantitative estimate of drug-likeness (QED) is 0.488. The van der Waals surface area contributed by atoms with Gasteiger partial charge >= 0.3 is 0 Å². The summed E-state index contributed by atoms with van der Waals surface area (Å²) in [5.74, 6) is 0.445. The Morgan fingerprint density at radius 2 is 2.00 bits per heavy atom. The van der Waals surface area contributed by atoms with Gasteiger partial charge < -0.3 is 14.5 Å². The standard InChI is InChI=1S/C23H20ClN3O2/c1-16(17-6-4-8-19(24)12-17)25-23(28)18-7-5-9-21(13-18)29-15-20-14-27-11-3-2-10-22(27)26-20/h2-14,16H,15H2,1H3,(H,25,28)/t16-/m1/s1. The van der Waals surface area contributed by atoms with Crippen molar-refractivity contribution in [2.24, 2.45) is 0 Å². The lowest BCUT2D eigenvalue weighted by Gasteiger charge is -2.15. The average molecular weight is 406 g/mol. The zero-order valence-corrected chi connectivity index (χ0v) is 16.6. The molecule has 2 heterocycles. The first-order valence-corrected chi connectivity index (χ1v) is 9.68. The zero-order valence-electron chi connectivity index (χ0n) is 15.9. The van der Waals surface area contributed by atoms with Gasteiger partial charge in [0, 0.05) is 23.0 Å². The number of nitrogens with one attached hydrogen (secondary N) is 1. The van der Waals surface area contributed by atoms with Crippen LogP contribution in [0.1, 0.15) is 34.6 Å². The molecule has 4 rings (SSSR count). The highest BCUT2D eigenvalue weighted by atomic mass is 35.5. The molecule has 29 heavy (non-hydrogen) atoms. The molecule has 2 aromatic carbocycles. The van der Waals surface area contributed by atoms with Gasteiger partial charge in [-0.25, -0.2) is 4.98 Å². The number of rotatable bonds is 6. The Morgan fingerprint density at radius 3 is 2.83 bits per heavy atom. The van der Waals surface area contributed by atoms with Gasteiger partial charge in [0.25, 0.3) is 5.91 Å². The van der Waals surface area contributed by atoms with Crippen LogP contribution in [0, 0.1) is 0 Å². The number of hydrogen-bond acceptors (Lipinski definition) is 3. The van der Waals surface area contributed by atoms with Crippen molar-refractivity contribution in [1.82, 2.24) is 14.7 Å². The fourth-order valence-corrected chi connectivity index (χ4v) is 3.28. The summed E-state index contributed by atoms with van der Waals surface area (Å²) in [6.07, 6.45) is 3.87. The third-order valence-electron chi connectivity index (χ3n) is 4.59. The number of ether oxygens (including phenoxy) is 1. The first-order chi connectivity index (χ1) is 14.1. The van der Waals surface area contributed by atoms with Crippen molar-refractivity contribution >= 4 is 23.2 Å². The molecule has 0 aliphatic carbocycles. The van der Waals surface area contributed by atoms with Crippen LogP contribution in [0.5, 0.6) is 5.75 Å². The fourth-order valence-electron chi connectivity index (χ4n) is 3.08. The van der Waals surface area contributed by atoms with Gasteiger partial charge in [-0.3, -0.25) is 4.79 Å². The van der Waals surface area contributed by atoms with Crippen LogP contribution in [0.3, 0.4) is 0 Å². The number of imidazole rings is 1. The number of benzene rings is 2. The Labute approximate surface area is 173 Å². The minimum absolute atomic E-state index is 0.163. The average Bonchev–Trinajstić information content (AvgIpc) is 3.15. The fraction of sp³-hybridized carbons (Fsp3) is 0.130. The van der Waals surface area contributed by atoms with Crippen LogP contribution in [0.4, 0.5) is 0 Å². The molecule has 0 bridgehead atoms. The third-order valence-corrected chi connectivity index (χ3v) is 4.83. The summed E-state index contributed by atoms with van der Waals surface area (Å²) in [5.41, 5.74) is 3.17. The third kappa shape index (κ3) is 4.58. The molecule has 1 N–H and O–H groups in total. The highest BCUT2D eigenvalue weighted by Gasteiger charge is 2.13. The Bertz CT molecular complexity index is 1120. The van der Waals surface area contributed by atoms with E-state index in [-0.39, 0.29) is 11.9 Å². The Morgan fingerprint density at radius 1 is 1.14 bits per heavy atom. The molecule has 0 spiro atoms. The zero-order chi connectivity index (χ0) is 20.2. The van der Waals surface area contributed by atoms with Gasteiger partial charge in [0.2, 0.25) is 0 Å². The van der Waals surface area contributed by atoms with E-state index >= 15 is 0 Å². The van der Waals surface area contributed by atoms with Gasteiger partial charge in [-0.15, -0.1) is 0 Å². The summed E-state index contributed by atoms with van der Waals surface area (Å²) >= 11 is 6.04. The number of pyridine rings is 1. The maximum Gasteiger partial charge on any atom is 0.251 e. The number of carbonyl (C=O) groups is 1. The molecule has 0 aliphatic heterocycles. The van der Waals surface area contributed by atoms with Gasteiger partial charge in [-0.1, -0.05) is 35.9 Å². The van der Waals surface area contributed by atoms with E-state index in [9.17, 15) is 4.79 Å². The van der Waals surface area contributed by atoms with Crippen molar-refractivity contribution in [3.63, 3.8) is 0 Å². The number of nitrogens with zero attached hydrogens (tertiary/aromatic N) is 2. The SMILES string of the molecule is C[C@@H](NC(=O)c1cccc(OCc2cn3ccccc3n2)c1)c1cccc(Cl)c1. The monoisotopic (exact) mass is 405 g/mol. The lowest BCUT2D eigenvalue weighted by atomic mass is 10.1. The lowest BCUT2D eigenvalue weighted by molar-refractivity contribution is 0.0939. The maximum absolute atomic E-state index is 12.6. The van der Waals surface area contributed by atoms with Gasteiger partial charge in [0.1, 0.15) is 18.0 Å². The summed E-state index contributed by atoms with van der Waals surface area (Å²) in [7, 11) is 0. The molecule has 6 heteroatoms. The molecule has 0 saturated heterocycles. The van der Waals surface area contributed by atoms with E-state index in [0.29, 0.717) is 22.9 Å². The van der Waals surface area contributed by atoms with Crippen LogP contribution in [0.25, 0.3) is 5.65 Å². The van der Waals surface area contributed by atoms with Crippen LogP contribution in [0.15, 0.2) is 79.1 Å². The van der Waals surface area contributed by atoms with Crippen molar-refractivity contribution in [1.29, 1.82) is 0 Å². The number of carbonyl (C=O) groups excluding carboxylic acids is 1. The van der Waals surface area contributed by atoms with Crippen LogP contribution < -0.4 is 10.1 Å². The summed E-state index contributed by atoms with van der Waals surface area (Å²) in [6, 6.07) is 20.3. The van der Waals surface area contributed by atoms with Crippen molar-refractivity contribution in [3.05, 3.63) is 101 Å². The number of halogens is 1. The Kier molecular flexibility index (Phi) is 5.49. The lowest BCUT2D eigenvalue weighted by Crippen LogP contribution is -2.26. The minimum atomic E-state index is -0.171. The van der Waals surface area contributed by atoms with Gasteiger partial charge in [0.05, 0.1) is 11.7 Å².